The maximum absolute atomic E-state index is 11.8. The number of rotatable bonds is 4. The van der Waals surface area contributed by atoms with Gasteiger partial charge >= 0.3 is 5.97 Å². The van der Waals surface area contributed by atoms with E-state index in [4.69, 9.17) is 5.11 Å². The summed E-state index contributed by atoms with van der Waals surface area (Å²) in [6.07, 6.45) is 1.78. The van der Waals surface area contributed by atoms with E-state index in [9.17, 15) is 9.59 Å². The van der Waals surface area contributed by atoms with Crippen LogP contribution < -0.4 is 5.32 Å². The molecule has 4 nitrogen and oxygen atoms in total. The zero-order chi connectivity index (χ0) is 11.7. The fourth-order valence-electron chi connectivity index (χ4n) is 1.62. The molecular formula is C11H13NO3S. The fourth-order valence-corrected chi connectivity index (χ4v) is 2.45. The van der Waals surface area contributed by atoms with Crippen LogP contribution in [0.15, 0.2) is 11.4 Å². The summed E-state index contributed by atoms with van der Waals surface area (Å²) in [6.45, 7) is 1.85. The van der Waals surface area contributed by atoms with Gasteiger partial charge in [-0.2, -0.15) is 0 Å². The highest BCUT2D eigenvalue weighted by atomic mass is 32.1. The van der Waals surface area contributed by atoms with E-state index >= 15 is 0 Å². The molecule has 0 aromatic carbocycles. The summed E-state index contributed by atoms with van der Waals surface area (Å²) in [5.41, 5.74) is 0.891. The number of aryl methyl sites for hydroxylation is 1. The molecule has 0 spiro atoms. The number of nitrogens with one attached hydrogen (secondary N) is 1. The van der Waals surface area contributed by atoms with Crippen LogP contribution in [-0.2, 0) is 4.79 Å². The second kappa shape index (κ2) is 4.25. The molecule has 16 heavy (non-hydrogen) atoms. The molecule has 86 valence electrons. The first-order valence-corrected chi connectivity index (χ1v) is 6.05. The molecular weight excluding hydrogens is 226 g/mol. The smallest absolute Gasteiger partial charge is 0.326 e. The van der Waals surface area contributed by atoms with E-state index in [2.05, 4.69) is 5.32 Å². The van der Waals surface area contributed by atoms with Gasteiger partial charge in [-0.1, -0.05) is 0 Å². The Balaban J connectivity index is 2.06. The minimum absolute atomic E-state index is 0.113. The average molecular weight is 239 g/mol. The largest absolute Gasteiger partial charge is 0.480 e. The highest BCUT2D eigenvalue weighted by molar-refractivity contribution is 7.12. The number of carbonyl (C=O) groups excluding carboxylic acids is 1. The molecule has 1 aromatic rings. The lowest BCUT2D eigenvalue weighted by atomic mass is 10.2. The van der Waals surface area contributed by atoms with Crippen molar-refractivity contribution in [1.82, 2.24) is 5.32 Å². The van der Waals surface area contributed by atoms with Crippen molar-refractivity contribution in [2.45, 2.75) is 25.8 Å². The second-order valence-electron chi connectivity index (χ2n) is 4.06. The molecule has 0 radical (unpaired) electrons. The van der Waals surface area contributed by atoms with E-state index in [1.165, 1.54) is 11.3 Å². The lowest BCUT2D eigenvalue weighted by molar-refractivity contribution is -0.139. The van der Waals surface area contributed by atoms with Crippen LogP contribution in [0.25, 0.3) is 0 Å². The van der Waals surface area contributed by atoms with Gasteiger partial charge in [-0.05, 0) is 42.7 Å². The minimum atomic E-state index is -0.940. The van der Waals surface area contributed by atoms with Gasteiger partial charge in [-0.15, -0.1) is 11.3 Å². The van der Waals surface area contributed by atoms with E-state index < -0.39 is 12.0 Å². The van der Waals surface area contributed by atoms with E-state index in [0.29, 0.717) is 4.88 Å². The first-order valence-electron chi connectivity index (χ1n) is 5.17. The summed E-state index contributed by atoms with van der Waals surface area (Å²) in [5, 5.41) is 13.4. The Morgan fingerprint density at radius 1 is 1.56 bits per heavy atom. The second-order valence-corrected chi connectivity index (χ2v) is 4.98. The van der Waals surface area contributed by atoms with Crippen molar-refractivity contribution in [3.05, 3.63) is 21.9 Å². The molecule has 0 saturated heterocycles. The third-order valence-electron chi connectivity index (χ3n) is 2.71. The van der Waals surface area contributed by atoms with Crippen LogP contribution in [0.4, 0.5) is 0 Å². The van der Waals surface area contributed by atoms with Crippen molar-refractivity contribution in [3.8, 4) is 0 Å². The Labute approximate surface area is 97.3 Å². The lowest BCUT2D eigenvalue weighted by Gasteiger charge is -2.12. The van der Waals surface area contributed by atoms with E-state index in [0.717, 1.165) is 18.4 Å². The highest BCUT2D eigenvalue weighted by Crippen LogP contribution is 2.33. The summed E-state index contributed by atoms with van der Waals surface area (Å²) in [7, 11) is 0. The van der Waals surface area contributed by atoms with Crippen molar-refractivity contribution >= 4 is 23.2 Å². The summed E-state index contributed by atoms with van der Waals surface area (Å²) in [4.78, 5) is 23.4. The number of carbonyl (C=O) groups is 2. The first-order chi connectivity index (χ1) is 7.59. The maximum Gasteiger partial charge on any atom is 0.326 e. The van der Waals surface area contributed by atoms with Gasteiger partial charge in [-0.25, -0.2) is 4.79 Å². The Morgan fingerprint density at radius 2 is 2.25 bits per heavy atom. The van der Waals surface area contributed by atoms with Gasteiger partial charge in [0.25, 0.3) is 5.91 Å². The first kappa shape index (κ1) is 11.1. The monoisotopic (exact) mass is 239 g/mol. The Morgan fingerprint density at radius 3 is 2.69 bits per heavy atom. The number of thiophene rings is 1. The summed E-state index contributed by atoms with van der Waals surface area (Å²) >= 11 is 1.34. The number of carboxylic acid groups (broad SMARTS) is 1. The molecule has 2 N–H and O–H groups in total. The molecule has 1 aromatic heterocycles. The summed E-state index contributed by atoms with van der Waals surface area (Å²) in [6, 6.07) is 1.13. The molecule has 0 aliphatic heterocycles. The molecule has 0 bridgehead atoms. The van der Waals surface area contributed by atoms with Crippen LogP contribution >= 0.6 is 11.3 Å². The number of carboxylic acids is 1. The normalized spacial score (nSPS) is 16.8. The Kier molecular flexibility index (Phi) is 2.96. The highest BCUT2D eigenvalue weighted by Gasteiger charge is 2.37. The maximum atomic E-state index is 11.8. The predicted molar refractivity (Wildman–Crippen MR) is 60.7 cm³/mol. The number of hydrogen-bond donors (Lipinski definition) is 2. The molecule has 5 heteroatoms. The third kappa shape index (κ3) is 2.24. The third-order valence-corrected chi connectivity index (χ3v) is 3.73. The van der Waals surface area contributed by atoms with Crippen LogP contribution in [-0.4, -0.2) is 23.0 Å². The Hall–Kier alpha value is -1.36. The van der Waals surface area contributed by atoms with Crippen LogP contribution in [0.5, 0.6) is 0 Å². The number of amides is 1. The fraction of sp³-hybridized carbons (Fsp3) is 0.455. The van der Waals surface area contributed by atoms with E-state index in [1.54, 1.807) is 0 Å². The van der Waals surface area contributed by atoms with E-state index in [1.807, 2.05) is 18.4 Å². The van der Waals surface area contributed by atoms with Crippen molar-refractivity contribution in [3.63, 3.8) is 0 Å². The number of aliphatic carboxylic acids is 1. The quantitative estimate of drug-likeness (QED) is 0.839. The van der Waals surface area contributed by atoms with Gasteiger partial charge in [0.05, 0.1) is 4.88 Å². The lowest BCUT2D eigenvalue weighted by Crippen LogP contribution is -2.42. The number of hydrogen-bond acceptors (Lipinski definition) is 3. The molecule has 1 heterocycles. The summed E-state index contributed by atoms with van der Waals surface area (Å²) < 4.78 is 0. The SMILES string of the molecule is Cc1ccsc1C(=O)NC(C(=O)O)C1CC1. The Bertz CT molecular complexity index is 423. The molecule has 1 aliphatic rings. The molecule has 1 aliphatic carbocycles. The van der Waals surface area contributed by atoms with Gasteiger partial charge in [-0.3, -0.25) is 4.79 Å². The summed E-state index contributed by atoms with van der Waals surface area (Å²) in [5.74, 6) is -1.10. The van der Waals surface area contributed by atoms with Crippen LogP contribution in [0, 0.1) is 12.8 Å². The van der Waals surface area contributed by atoms with Gasteiger partial charge in [0, 0.05) is 0 Å². The van der Waals surface area contributed by atoms with Crippen LogP contribution in [0.1, 0.15) is 28.1 Å². The molecule has 1 saturated carbocycles. The standard InChI is InChI=1S/C11H13NO3S/c1-6-4-5-16-9(6)10(13)12-8(11(14)15)7-2-3-7/h4-5,7-8H,2-3H2,1H3,(H,12,13)(H,14,15). The van der Waals surface area contributed by atoms with Crippen molar-refractivity contribution < 1.29 is 14.7 Å². The van der Waals surface area contributed by atoms with Gasteiger partial charge in [0.2, 0.25) is 0 Å². The minimum Gasteiger partial charge on any atom is -0.480 e. The van der Waals surface area contributed by atoms with Gasteiger partial charge < -0.3 is 10.4 Å². The molecule has 1 fully saturated rings. The average Bonchev–Trinajstić information content (AvgIpc) is 2.96. The van der Waals surface area contributed by atoms with Gasteiger partial charge in [0.1, 0.15) is 6.04 Å². The van der Waals surface area contributed by atoms with Crippen LogP contribution in [0.2, 0.25) is 0 Å². The molecule has 2 rings (SSSR count). The topological polar surface area (TPSA) is 66.4 Å². The molecule has 1 amide bonds. The molecule has 1 unspecified atom stereocenters. The van der Waals surface area contributed by atoms with Crippen LogP contribution in [0.3, 0.4) is 0 Å². The van der Waals surface area contributed by atoms with Crippen molar-refractivity contribution in [2.75, 3.05) is 0 Å². The predicted octanol–water partition coefficient (Wildman–Crippen LogP) is 1.65. The zero-order valence-corrected chi connectivity index (χ0v) is 9.71. The van der Waals surface area contributed by atoms with Gasteiger partial charge in [0.15, 0.2) is 0 Å². The molecule has 1 atom stereocenters. The van der Waals surface area contributed by atoms with E-state index in [-0.39, 0.29) is 11.8 Å². The zero-order valence-electron chi connectivity index (χ0n) is 8.90. The van der Waals surface area contributed by atoms with Crippen molar-refractivity contribution in [1.29, 1.82) is 0 Å². The van der Waals surface area contributed by atoms with Crippen molar-refractivity contribution in [2.24, 2.45) is 5.92 Å².